The zero-order valence-electron chi connectivity index (χ0n) is 16.0. The van der Waals surface area contributed by atoms with E-state index in [4.69, 9.17) is 4.74 Å². The first-order chi connectivity index (χ1) is 13.6. The predicted octanol–water partition coefficient (Wildman–Crippen LogP) is 3.16. The van der Waals surface area contributed by atoms with Gasteiger partial charge in [0.2, 0.25) is 5.91 Å². The minimum Gasteiger partial charge on any atom is -0.490 e. The highest BCUT2D eigenvalue weighted by Gasteiger charge is 2.35. The average Bonchev–Trinajstić information content (AvgIpc) is 3.48. The number of hydrogen-bond acceptors (Lipinski definition) is 5. The largest absolute Gasteiger partial charge is 0.490 e. The van der Waals surface area contributed by atoms with Crippen LogP contribution in [-0.2, 0) is 11.3 Å². The fraction of sp³-hybridized carbons (Fsp3) is 0.476. The van der Waals surface area contributed by atoms with Crippen LogP contribution in [0.2, 0.25) is 0 Å². The molecule has 1 aromatic heterocycles. The molecule has 2 fully saturated rings. The third-order valence-corrected chi connectivity index (χ3v) is 6.13. The summed E-state index contributed by atoms with van der Waals surface area (Å²) in [6.07, 6.45) is 3.94. The molecule has 6 nitrogen and oxygen atoms in total. The van der Waals surface area contributed by atoms with Gasteiger partial charge in [0.15, 0.2) is 0 Å². The van der Waals surface area contributed by atoms with E-state index in [2.05, 4.69) is 10.3 Å². The summed E-state index contributed by atoms with van der Waals surface area (Å²) < 4.78 is 6.05. The maximum Gasteiger partial charge on any atom is 0.251 e. The minimum absolute atomic E-state index is 0.119. The maximum absolute atomic E-state index is 12.3. The summed E-state index contributed by atoms with van der Waals surface area (Å²) in [4.78, 5) is 30.7. The van der Waals surface area contributed by atoms with Gasteiger partial charge in [-0.2, -0.15) is 0 Å². The van der Waals surface area contributed by atoms with Gasteiger partial charge in [-0.3, -0.25) is 9.59 Å². The van der Waals surface area contributed by atoms with Crippen molar-refractivity contribution in [2.45, 2.75) is 45.3 Å². The number of nitrogens with zero attached hydrogens (tertiary/aromatic N) is 2. The third kappa shape index (κ3) is 4.70. The number of ether oxygens (including phenoxy) is 1. The fourth-order valence-electron chi connectivity index (χ4n) is 3.40. The van der Waals surface area contributed by atoms with E-state index < -0.39 is 0 Å². The number of thiazole rings is 1. The molecule has 0 spiro atoms. The lowest BCUT2D eigenvalue weighted by Crippen LogP contribution is -2.42. The summed E-state index contributed by atoms with van der Waals surface area (Å²) in [7, 11) is 0. The van der Waals surface area contributed by atoms with E-state index in [1.165, 1.54) is 0 Å². The fourth-order valence-corrected chi connectivity index (χ4v) is 4.11. The molecule has 1 aliphatic carbocycles. The molecule has 0 unspecified atom stereocenters. The number of carbonyl (C=O) groups excluding carboxylic acids is 2. The Kier molecular flexibility index (Phi) is 5.62. The molecular weight excluding hydrogens is 374 g/mol. The lowest BCUT2D eigenvalue weighted by atomic mass is 10.1. The molecule has 28 heavy (non-hydrogen) atoms. The van der Waals surface area contributed by atoms with Gasteiger partial charge < -0.3 is 15.0 Å². The van der Waals surface area contributed by atoms with Crippen LogP contribution in [0.3, 0.4) is 0 Å². The van der Waals surface area contributed by atoms with Gasteiger partial charge in [-0.25, -0.2) is 4.98 Å². The number of amides is 2. The van der Waals surface area contributed by atoms with Gasteiger partial charge in [0.1, 0.15) is 16.9 Å². The van der Waals surface area contributed by atoms with Crippen LogP contribution >= 0.6 is 11.3 Å². The molecule has 148 valence electrons. The van der Waals surface area contributed by atoms with Crippen molar-refractivity contribution < 1.29 is 14.3 Å². The van der Waals surface area contributed by atoms with Crippen molar-refractivity contribution in [2.75, 3.05) is 13.1 Å². The Balaban J connectivity index is 1.24. The number of rotatable bonds is 6. The van der Waals surface area contributed by atoms with Crippen molar-refractivity contribution in [3.05, 3.63) is 45.9 Å². The van der Waals surface area contributed by atoms with Crippen LogP contribution < -0.4 is 10.1 Å². The van der Waals surface area contributed by atoms with Gasteiger partial charge >= 0.3 is 0 Å². The summed E-state index contributed by atoms with van der Waals surface area (Å²) in [6.45, 7) is 3.93. The summed E-state index contributed by atoms with van der Waals surface area (Å²) >= 11 is 1.55. The molecule has 7 heteroatoms. The second-order valence-electron chi connectivity index (χ2n) is 7.51. The molecule has 1 aliphatic heterocycles. The van der Waals surface area contributed by atoms with Gasteiger partial charge in [-0.05, 0) is 44.0 Å². The molecular formula is C21H25N3O3S. The van der Waals surface area contributed by atoms with Gasteiger partial charge in [0.05, 0.1) is 6.54 Å². The molecule has 2 amide bonds. The smallest absolute Gasteiger partial charge is 0.251 e. The average molecular weight is 400 g/mol. The number of hydrogen-bond donors (Lipinski definition) is 1. The molecule has 4 rings (SSSR count). The number of aryl methyl sites for hydroxylation is 1. The lowest BCUT2D eigenvalue weighted by Gasteiger charge is -2.32. The van der Waals surface area contributed by atoms with E-state index in [9.17, 15) is 9.59 Å². The van der Waals surface area contributed by atoms with Crippen molar-refractivity contribution in [1.29, 1.82) is 0 Å². The Bertz CT molecular complexity index is 837. The number of carbonyl (C=O) groups is 2. The maximum atomic E-state index is 12.3. The predicted molar refractivity (Wildman–Crippen MR) is 107 cm³/mol. The van der Waals surface area contributed by atoms with Crippen LogP contribution in [0.25, 0.3) is 0 Å². The zero-order chi connectivity index (χ0) is 19.5. The van der Waals surface area contributed by atoms with Gasteiger partial charge in [0.25, 0.3) is 5.91 Å². The van der Waals surface area contributed by atoms with E-state index in [1.807, 2.05) is 29.3 Å². The molecule has 1 aromatic carbocycles. The topological polar surface area (TPSA) is 71.5 Å². The summed E-state index contributed by atoms with van der Waals surface area (Å²) in [6, 6.07) is 7.24. The Hall–Kier alpha value is -2.41. The van der Waals surface area contributed by atoms with Crippen LogP contribution in [0.15, 0.2) is 29.6 Å². The standard InChI is InChI=1S/C21H25N3O3S/c1-14-13-28-19(23-14)12-22-20(25)15-4-6-17(7-5-15)27-18-8-10-24(11-9-18)21(26)16-2-3-16/h4-7,13,16,18H,2-3,8-12H2,1H3,(H,22,25). The zero-order valence-corrected chi connectivity index (χ0v) is 16.8. The highest BCUT2D eigenvalue weighted by Crippen LogP contribution is 2.32. The Morgan fingerprint density at radius 2 is 1.89 bits per heavy atom. The van der Waals surface area contributed by atoms with E-state index >= 15 is 0 Å². The van der Waals surface area contributed by atoms with Crippen LogP contribution in [0.4, 0.5) is 0 Å². The summed E-state index contributed by atoms with van der Waals surface area (Å²) in [5.41, 5.74) is 1.57. The molecule has 0 bridgehead atoms. The Labute approximate surface area is 168 Å². The van der Waals surface area contributed by atoms with E-state index in [1.54, 1.807) is 23.5 Å². The highest BCUT2D eigenvalue weighted by molar-refractivity contribution is 7.09. The number of likely N-dealkylation sites (tertiary alicyclic amines) is 1. The highest BCUT2D eigenvalue weighted by atomic mass is 32.1. The molecule has 1 saturated heterocycles. The molecule has 2 aliphatic rings. The number of nitrogens with one attached hydrogen (secondary N) is 1. The molecule has 0 atom stereocenters. The minimum atomic E-state index is -0.119. The molecule has 2 heterocycles. The van der Waals surface area contributed by atoms with Crippen LogP contribution in [-0.4, -0.2) is 40.9 Å². The molecule has 2 aromatic rings. The van der Waals surface area contributed by atoms with Crippen LogP contribution in [0.5, 0.6) is 5.75 Å². The number of benzene rings is 1. The van der Waals surface area contributed by atoms with Crippen molar-refractivity contribution in [2.24, 2.45) is 5.92 Å². The Morgan fingerprint density at radius 3 is 2.50 bits per heavy atom. The van der Waals surface area contributed by atoms with Gasteiger partial charge in [0, 0.05) is 48.5 Å². The van der Waals surface area contributed by atoms with Crippen molar-refractivity contribution in [1.82, 2.24) is 15.2 Å². The van der Waals surface area contributed by atoms with Crippen molar-refractivity contribution in [3.63, 3.8) is 0 Å². The van der Waals surface area contributed by atoms with Crippen molar-refractivity contribution in [3.8, 4) is 5.75 Å². The molecule has 1 saturated carbocycles. The quantitative estimate of drug-likeness (QED) is 0.810. The Morgan fingerprint density at radius 1 is 1.18 bits per heavy atom. The van der Waals surface area contributed by atoms with Crippen molar-refractivity contribution >= 4 is 23.2 Å². The lowest BCUT2D eigenvalue weighted by molar-refractivity contribution is -0.134. The van der Waals surface area contributed by atoms with Gasteiger partial charge in [-0.1, -0.05) is 0 Å². The monoisotopic (exact) mass is 399 g/mol. The number of aromatic nitrogens is 1. The molecule has 0 radical (unpaired) electrons. The third-order valence-electron chi connectivity index (χ3n) is 5.17. The van der Waals surface area contributed by atoms with E-state index in [-0.39, 0.29) is 17.9 Å². The van der Waals surface area contributed by atoms with E-state index in [0.29, 0.717) is 18.0 Å². The van der Waals surface area contributed by atoms with Crippen LogP contribution in [0, 0.1) is 12.8 Å². The molecule has 1 N–H and O–H groups in total. The van der Waals surface area contributed by atoms with Crippen LogP contribution in [0.1, 0.15) is 46.7 Å². The first kappa shape index (κ1) is 18.9. The normalized spacial score (nSPS) is 17.4. The van der Waals surface area contributed by atoms with E-state index in [0.717, 1.165) is 55.2 Å². The van der Waals surface area contributed by atoms with Gasteiger partial charge in [-0.15, -0.1) is 11.3 Å². The second kappa shape index (κ2) is 8.31. The summed E-state index contributed by atoms with van der Waals surface area (Å²) in [5.74, 6) is 1.25. The second-order valence-corrected chi connectivity index (χ2v) is 8.45. The SMILES string of the molecule is Cc1csc(CNC(=O)c2ccc(OC3CCN(C(=O)C4CC4)CC3)cc2)n1. The first-order valence-corrected chi connectivity index (χ1v) is 10.7. The summed E-state index contributed by atoms with van der Waals surface area (Å²) in [5, 5.41) is 5.76. The first-order valence-electron chi connectivity index (χ1n) is 9.83. The number of piperidine rings is 1.